The summed E-state index contributed by atoms with van der Waals surface area (Å²) in [6.07, 6.45) is 27.1. The third kappa shape index (κ3) is 49.3. The monoisotopic (exact) mass is 1560 g/mol. The van der Waals surface area contributed by atoms with Crippen molar-refractivity contribution in [2.24, 2.45) is 29.2 Å². The van der Waals surface area contributed by atoms with Crippen LogP contribution in [0.4, 0.5) is 0 Å². The van der Waals surface area contributed by atoms with Gasteiger partial charge in [0.15, 0.2) is 0 Å². The van der Waals surface area contributed by atoms with Gasteiger partial charge in [-0.25, -0.2) is 0 Å². The number of amidine groups is 6. The first kappa shape index (κ1) is 96.2. The molecule has 6 rings (SSSR count). The molecule has 97 heavy (non-hydrogen) atoms. The average Bonchev–Trinajstić information content (AvgIpc) is 1.82. The van der Waals surface area contributed by atoms with Gasteiger partial charge in [-0.15, -0.1) is 0 Å². The summed E-state index contributed by atoms with van der Waals surface area (Å²) in [7, 11) is 6.25. The van der Waals surface area contributed by atoms with E-state index in [2.05, 4.69) is 193 Å². The summed E-state index contributed by atoms with van der Waals surface area (Å²) in [5, 5.41) is 96.0. The van der Waals surface area contributed by atoms with E-state index in [-0.39, 0.29) is 17.5 Å². The number of ketones is 1. The second-order valence-electron chi connectivity index (χ2n) is 22.8. The van der Waals surface area contributed by atoms with E-state index in [9.17, 15) is 45.3 Å². The summed E-state index contributed by atoms with van der Waals surface area (Å²) in [5.74, 6) is -1.84. The minimum atomic E-state index is -0.855. The number of rotatable bonds is 19. The van der Waals surface area contributed by atoms with E-state index >= 15 is 0 Å². The summed E-state index contributed by atoms with van der Waals surface area (Å²) in [5.41, 5.74) is 14.0. The van der Waals surface area contributed by atoms with E-state index in [1.165, 1.54) is 71.6 Å². The fraction of sp³-hybridized carbons (Fsp3) is 0.516. The number of nitrogens with one attached hydrogen (secondary N) is 1. The SMILES string of the molecule is CC.CC(C)=O.CC(C)N1CCC([C](=[V])C=CC(=[N-])N)C1.CC(C)N1CCC([C](=[V])C=CC(=[N-])[N+](=O)[O-])C1.CC1=CCN(C)C1.CN1CC=C([C](=[V])C=CC(=[N-])[N+](=O)[O-])C1.CN1CCC([C](=[V])C=CC(=[N-])N)C1.C[C](=[V])C=CC(=[N-])[N+](=O)[O-].[N-]=C(C=C[C](=[V])C1=CCNC1)[N+](=O)[O-]. The van der Waals surface area contributed by atoms with Gasteiger partial charge in [0.25, 0.3) is 0 Å². The molecule has 33 heteroatoms. The Kier molecular flexibility index (Phi) is 54.4. The molecule has 0 saturated carbocycles. The molecule has 3 unspecified atom stereocenters. The van der Waals surface area contributed by atoms with Crippen molar-refractivity contribution < 1.29 is 126 Å². The molecule has 0 aromatic carbocycles. The molecule has 0 bridgehead atoms. The number of hydrogen-bond acceptors (Lipinski definition) is 15. The molecule has 6 heterocycles. The molecule has 0 aromatic heterocycles. The molecule has 530 valence electrons. The van der Waals surface area contributed by atoms with Gasteiger partial charge < -0.3 is 4.79 Å². The van der Waals surface area contributed by atoms with Gasteiger partial charge in [-0.1, -0.05) is 25.5 Å². The Morgan fingerprint density at radius 2 is 0.856 bits per heavy atom. The molecule has 5 N–H and O–H groups in total. The molecular weight excluding hydrogens is 1470 g/mol. The first-order chi connectivity index (χ1) is 45.2. The van der Waals surface area contributed by atoms with E-state index in [1.807, 2.05) is 39.1 Å². The van der Waals surface area contributed by atoms with Crippen molar-refractivity contribution in [1.29, 1.82) is 0 Å². The van der Waals surface area contributed by atoms with Gasteiger partial charge in [-0.05, 0) is 27.8 Å². The van der Waals surface area contributed by atoms with Crippen LogP contribution >= 0.6 is 0 Å². The Bertz CT molecular complexity index is 3110. The van der Waals surface area contributed by atoms with Crippen molar-refractivity contribution in [2.45, 2.75) is 101 Å². The maximum atomic E-state index is 10.2. The molecular formula is C64H94N18O9V6-6. The van der Waals surface area contributed by atoms with Crippen molar-refractivity contribution in [3.63, 3.8) is 0 Å². The molecule has 0 aliphatic carbocycles. The third-order valence-electron chi connectivity index (χ3n) is 13.6. The molecule has 3 fully saturated rings. The van der Waals surface area contributed by atoms with Crippen molar-refractivity contribution in [1.82, 2.24) is 29.8 Å². The van der Waals surface area contributed by atoms with Gasteiger partial charge in [0, 0.05) is 13.1 Å². The molecule has 0 spiro atoms. The minimum absolute atomic E-state index is 0.128. The van der Waals surface area contributed by atoms with Gasteiger partial charge in [-0.3, -0.25) is 4.90 Å². The Balaban J connectivity index is -0.00000106. The summed E-state index contributed by atoms with van der Waals surface area (Å²) < 4.78 is 6.06. The van der Waals surface area contributed by atoms with Gasteiger partial charge in [0.05, 0.1) is 0 Å². The number of likely N-dealkylation sites (tertiary alicyclic amines) is 3. The van der Waals surface area contributed by atoms with Crippen LogP contribution in [0.5, 0.6) is 0 Å². The summed E-state index contributed by atoms with van der Waals surface area (Å²) in [4.78, 5) is 57.8. The van der Waals surface area contributed by atoms with Crippen LogP contribution in [0.3, 0.4) is 0 Å². The summed E-state index contributed by atoms with van der Waals surface area (Å²) >= 11 is 14.4. The Hall–Kier alpha value is -4.96. The van der Waals surface area contributed by atoms with Crippen molar-refractivity contribution in [3.8, 4) is 0 Å². The molecule has 27 nitrogen and oxygen atoms in total. The second kappa shape index (κ2) is 54.8. The number of Topliss-reactive ketones (excluding diaryl/α,β-unsaturated/α-hetero) is 1. The topological polar surface area (TPSA) is 404 Å². The van der Waals surface area contributed by atoms with E-state index < -0.39 is 43.0 Å². The number of nitrogens with two attached hydrogens (primary N) is 2. The fourth-order valence-corrected chi connectivity index (χ4v) is 10.7. The molecule has 0 aromatic rings. The molecule has 0 amide bonds. The second-order valence-corrected chi connectivity index (χ2v) is 27.9. The van der Waals surface area contributed by atoms with E-state index in [0.717, 1.165) is 131 Å². The predicted molar refractivity (Wildman–Crippen MR) is 378 cm³/mol. The van der Waals surface area contributed by atoms with Crippen LogP contribution in [0.1, 0.15) is 88.5 Å². The molecule has 0 radical (unpaired) electrons. The normalized spacial score (nSPS) is 18.2. The van der Waals surface area contributed by atoms with Crippen molar-refractivity contribution >= 4 is 66.2 Å². The standard InChI is InChI=1S/C11H16N3O2.C11H18N3.C9H10N3O2.C9H14N3.C8H8N3O2.C6H11N.C5H5N2O2.C3H6O.C2H6.6V/c1-9(2)13-7-6-10(8-13)4-3-5-11(12)14(15)16;1-9(2)14-7-6-10(8-14)4-3-5-11(12)13;1-11-6-5-8(7-11)3-2-4-9(10)12(13)14;1-12-6-5-8(7-12)3-2-4-9(10)11;9-8(11(12)13)3-1-2-7-4-5-10-6-7;1-6-3-4-7(2)5-6;1-2-3-4-5(6)7(8)9;1-3(2)4;1-2;;;;;;/h3,5,9-10H,6-8H2,1-2H3;3,5,9-10H,6-8H2,1-2H3,(H2-,12,13);2,4-5H,6-7H2,1H3;2,4,8H,5-7H2,1H3,(H2-,10,11);1,3-4,10H,5-6H2;3H,4-5H2,1-2H3;3-4H,1H3;1-2H3;1-2H3;;;;;;/q5*-1;;-1;;;;;;;;. The summed E-state index contributed by atoms with van der Waals surface area (Å²) in [6.45, 7) is 31.9. The molecule has 6 aliphatic heterocycles. The van der Waals surface area contributed by atoms with Gasteiger partial charge in [0.2, 0.25) is 0 Å². The molecule has 6 aliphatic rings. The van der Waals surface area contributed by atoms with Crippen LogP contribution in [-0.4, -0.2) is 222 Å². The van der Waals surface area contributed by atoms with Crippen LogP contribution in [0, 0.1) is 58.2 Å². The Morgan fingerprint density at radius 1 is 0.515 bits per heavy atom. The van der Waals surface area contributed by atoms with Crippen LogP contribution in [0.2, 0.25) is 0 Å². The summed E-state index contributed by atoms with van der Waals surface area (Å²) in [6, 6.07) is 1.15. The van der Waals surface area contributed by atoms with E-state index in [4.69, 9.17) is 43.9 Å². The fourth-order valence-electron chi connectivity index (χ4n) is 8.45. The number of hydrogen-bond donors (Lipinski definition) is 3. The van der Waals surface area contributed by atoms with Crippen LogP contribution in [-0.2, 0) is 107 Å². The number of carbonyl (C=O) groups excluding carboxylic acids is 1. The molecule has 3 saturated heterocycles. The predicted octanol–water partition coefficient (Wildman–Crippen LogP) is 5.74. The number of allylic oxidation sites excluding steroid dienone is 6. The third-order valence-corrected chi connectivity index (χ3v) is 17.6. The first-order valence-corrected chi connectivity index (χ1v) is 35.0. The van der Waals surface area contributed by atoms with Crippen LogP contribution < -0.4 is 16.8 Å². The van der Waals surface area contributed by atoms with Crippen molar-refractivity contribution in [3.05, 3.63) is 181 Å². The zero-order chi connectivity index (χ0) is 75.2. The first-order valence-electron chi connectivity index (χ1n) is 30.8. The number of carbonyl (C=O) groups is 1. The number of nitrogens with zero attached hydrogens (tertiary/aromatic N) is 15. The van der Waals surface area contributed by atoms with Gasteiger partial charge in [0.1, 0.15) is 5.78 Å². The Labute approximate surface area is 627 Å². The van der Waals surface area contributed by atoms with Gasteiger partial charge >= 0.3 is 551 Å². The number of nitro groups is 4. The van der Waals surface area contributed by atoms with Crippen LogP contribution in [0.25, 0.3) is 32.5 Å². The zero-order valence-corrected chi connectivity index (χ0v) is 66.3. The number of likely N-dealkylation sites (N-methyl/N-ethyl adjacent to an activating group) is 2. The van der Waals surface area contributed by atoms with E-state index in [1.54, 1.807) is 19.1 Å². The zero-order valence-electron chi connectivity index (χ0n) is 57.9. The van der Waals surface area contributed by atoms with Crippen LogP contribution in [0.15, 0.2) is 108 Å². The average molecular weight is 1570 g/mol. The van der Waals surface area contributed by atoms with Gasteiger partial charge in [-0.2, -0.15) is 0 Å². The van der Waals surface area contributed by atoms with E-state index in [0.29, 0.717) is 29.8 Å². The van der Waals surface area contributed by atoms with Crippen molar-refractivity contribution in [2.75, 3.05) is 99.7 Å². The Morgan fingerprint density at radius 3 is 1.12 bits per heavy atom. The maximum absolute atomic E-state index is 10.2. The quantitative estimate of drug-likeness (QED) is 0.0456. The molecule has 3 atom stereocenters.